The van der Waals surface area contributed by atoms with Crippen LogP contribution < -0.4 is 5.73 Å². The van der Waals surface area contributed by atoms with Crippen molar-refractivity contribution < 1.29 is 9.63 Å². The van der Waals surface area contributed by atoms with E-state index >= 15 is 0 Å². The predicted molar refractivity (Wildman–Crippen MR) is 86.7 cm³/mol. The molecular weight excluding hydrogens is 298 g/mol. The average molecular weight is 317 g/mol. The standard InChI is InChI=1S/C14H19N5O2Si/c1-18(21-2)14(20)11-8-10(6-7-22(3,4)5)19-12(11)13(15)16-9-17-19/h8-9H,1-5H3,(H2,15,16,17). The molecule has 0 aliphatic heterocycles. The van der Waals surface area contributed by atoms with Gasteiger partial charge in [0, 0.05) is 7.05 Å². The van der Waals surface area contributed by atoms with Gasteiger partial charge in [-0.1, -0.05) is 25.6 Å². The molecule has 0 aliphatic carbocycles. The van der Waals surface area contributed by atoms with Gasteiger partial charge in [-0.3, -0.25) is 9.63 Å². The predicted octanol–water partition coefficient (Wildman–Crippen LogP) is 1.17. The Hall–Kier alpha value is -2.37. The largest absolute Gasteiger partial charge is 0.382 e. The van der Waals surface area contributed by atoms with Crippen molar-refractivity contribution >= 4 is 25.3 Å². The number of anilines is 1. The molecule has 22 heavy (non-hydrogen) atoms. The fourth-order valence-corrected chi connectivity index (χ4v) is 2.33. The number of hydrogen-bond acceptors (Lipinski definition) is 5. The van der Waals surface area contributed by atoms with Crippen LogP contribution in [0.1, 0.15) is 16.1 Å². The first-order valence-corrected chi connectivity index (χ1v) is 10.2. The Morgan fingerprint density at radius 3 is 2.73 bits per heavy atom. The van der Waals surface area contributed by atoms with Gasteiger partial charge >= 0.3 is 0 Å². The molecule has 2 aromatic rings. The molecule has 2 heterocycles. The summed E-state index contributed by atoms with van der Waals surface area (Å²) in [4.78, 5) is 21.3. The minimum atomic E-state index is -1.56. The molecule has 116 valence electrons. The highest BCUT2D eigenvalue weighted by Gasteiger charge is 2.21. The quantitative estimate of drug-likeness (QED) is 0.510. The Morgan fingerprint density at radius 2 is 2.14 bits per heavy atom. The number of hydroxylamine groups is 2. The Labute approximate surface area is 130 Å². The van der Waals surface area contributed by atoms with Gasteiger partial charge in [-0.25, -0.2) is 14.6 Å². The van der Waals surface area contributed by atoms with Crippen LogP contribution in [0, 0.1) is 11.5 Å². The summed E-state index contributed by atoms with van der Waals surface area (Å²) in [6.45, 7) is 6.43. The lowest BCUT2D eigenvalue weighted by Crippen LogP contribution is -2.25. The second kappa shape index (κ2) is 5.79. The summed E-state index contributed by atoms with van der Waals surface area (Å²) in [7, 11) is 1.39. The van der Waals surface area contributed by atoms with Crippen molar-refractivity contribution in [2.24, 2.45) is 0 Å². The van der Waals surface area contributed by atoms with Gasteiger partial charge in [-0.2, -0.15) is 5.10 Å². The molecule has 0 radical (unpaired) electrons. The van der Waals surface area contributed by atoms with Gasteiger partial charge in [0.2, 0.25) is 0 Å². The van der Waals surface area contributed by atoms with E-state index in [1.54, 1.807) is 10.6 Å². The maximum Gasteiger partial charge on any atom is 0.279 e. The Kier molecular flexibility index (Phi) is 4.21. The van der Waals surface area contributed by atoms with E-state index in [9.17, 15) is 4.79 Å². The molecule has 2 aromatic heterocycles. The van der Waals surface area contributed by atoms with E-state index in [0.717, 1.165) is 5.06 Å². The van der Waals surface area contributed by atoms with Crippen molar-refractivity contribution in [2.45, 2.75) is 19.6 Å². The van der Waals surface area contributed by atoms with Gasteiger partial charge in [0.25, 0.3) is 5.91 Å². The zero-order valence-electron chi connectivity index (χ0n) is 13.3. The third kappa shape index (κ3) is 3.10. The highest BCUT2D eigenvalue weighted by atomic mass is 28.3. The van der Waals surface area contributed by atoms with Gasteiger partial charge in [0.05, 0.1) is 12.7 Å². The Bertz CT molecular complexity index is 782. The van der Waals surface area contributed by atoms with Crippen molar-refractivity contribution in [1.82, 2.24) is 19.7 Å². The monoisotopic (exact) mass is 317 g/mol. The van der Waals surface area contributed by atoms with Crippen LogP contribution in [-0.2, 0) is 4.84 Å². The molecule has 7 nitrogen and oxygen atoms in total. The van der Waals surface area contributed by atoms with Crippen molar-refractivity contribution in [3.05, 3.63) is 23.7 Å². The molecule has 2 N–H and O–H groups in total. The van der Waals surface area contributed by atoms with Crippen LogP contribution in [0.15, 0.2) is 12.4 Å². The smallest absolute Gasteiger partial charge is 0.279 e. The van der Waals surface area contributed by atoms with Gasteiger partial charge in [0.15, 0.2) is 5.82 Å². The second-order valence-electron chi connectivity index (χ2n) is 5.83. The summed E-state index contributed by atoms with van der Waals surface area (Å²) >= 11 is 0. The van der Waals surface area contributed by atoms with Gasteiger partial charge in [-0.15, -0.1) is 5.54 Å². The lowest BCUT2D eigenvalue weighted by atomic mass is 10.2. The number of aromatic nitrogens is 3. The number of nitrogens with two attached hydrogens (primary N) is 1. The molecule has 0 bridgehead atoms. The summed E-state index contributed by atoms with van der Waals surface area (Å²) < 4.78 is 1.55. The zero-order valence-corrected chi connectivity index (χ0v) is 14.3. The van der Waals surface area contributed by atoms with Gasteiger partial charge < -0.3 is 5.73 Å². The third-order valence-corrected chi connectivity index (χ3v) is 3.81. The molecule has 1 amide bonds. The van der Waals surface area contributed by atoms with E-state index in [2.05, 4.69) is 41.2 Å². The molecular formula is C14H19N5O2Si. The molecule has 2 rings (SSSR count). The maximum absolute atomic E-state index is 12.4. The molecule has 0 spiro atoms. The fourth-order valence-electron chi connectivity index (χ4n) is 1.82. The number of fused-ring (bicyclic) bond motifs is 1. The number of rotatable bonds is 2. The number of nitrogens with zero attached hydrogens (tertiary/aromatic N) is 4. The second-order valence-corrected chi connectivity index (χ2v) is 10.6. The minimum absolute atomic E-state index is 0.226. The molecule has 0 atom stereocenters. The third-order valence-electron chi connectivity index (χ3n) is 2.94. The van der Waals surface area contributed by atoms with Crippen LogP contribution in [0.3, 0.4) is 0 Å². The number of nitrogen functional groups attached to an aromatic ring is 1. The van der Waals surface area contributed by atoms with Crippen molar-refractivity contribution in [2.75, 3.05) is 19.9 Å². The van der Waals surface area contributed by atoms with E-state index in [4.69, 9.17) is 10.6 Å². The van der Waals surface area contributed by atoms with E-state index < -0.39 is 8.07 Å². The van der Waals surface area contributed by atoms with Crippen LogP contribution >= 0.6 is 0 Å². The molecule has 0 fully saturated rings. The summed E-state index contributed by atoms with van der Waals surface area (Å²) in [6.07, 6.45) is 1.34. The number of hydrogen-bond donors (Lipinski definition) is 1. The van der Waals surface area contributed by atoms with Gasteiger partial charge in [0.1, 0.15) is 25.6 Å². The number of carbonyl (C=O) groups is 1. The summed E-state index contributed by atoms with van der Waals surface area (Å²) in [5, 5.41) is 5.28. The molecule has 0 unspecified atom stereocenters. The van der Waals surface area contributed by atoms with Crippen molar-refractivity contribution in [1.29, 1.82) is 0 Å². The number of amides is 1. The lowest BCUT2D eigenvalue weighted by molar-refractivity contribution is -0.0755. The van der Waals surface area contributed by atoms with E-state index in [1.807, 2.05) is 0 Å². The van der Waals surface area contributed by atoms with E-state index in [0.29, 0.717) is 16.8 Å². The van der Waals surface area contributed by atoms with Crippen LogP contribution in [0.4, 0.5) is 5.82 Å². The van der Waals surface area contributed by atoms with Crippen molar-refractivity contribution in [3.63, 3.8) is 0 Å². The van der Waals surface area contributed by atoms with Crippen molar-refractivity contribution in [3.8, 4) is 11.5 Å². The van der Waals surface area contributed by atoms with E-state index in [-0.39, 0.29) is 11.7 Å². The summed E-state index contributed by atoms with van der Waals surface area (Å²) in [6, 6.07) is 1.67. The lowest BCUT2D eigenvalue weighted by Gasteiger charge is -2.12. The van der Waals surface area contributed by atoms with E-state index in [1.165, 1.54) is 20.5 Å². The minimum Gasteiger partial charge on any atom is -0.382 e. The Morgan fingerprint density at radius 1 is 1.45 bits per heavy atom. The highest BCUT2D eigenvalue weighted by molar-refractivity contribution is 6.83. The Balaban J connectivity index is 2.68. The molecule has 0 aliphatic rings. The van der Waals surface area contributed by atoms with Gasteiger partial charge in [-0.05, 0) is 6.07 Å². The summed E-state index contributed by atoms with van der Waals surface area (Å²) in [5.41, 5.74) is 10.6. The van der Waals surface area contributed by atoms with Crippen LogP contribution in [0.2, 0.25) is 19.6 Å². The van der Waals surface area contributed by atoms with Crippen LogP contribution in [0.25, 0.3) is 5.52 Å². The first kappa shape index (κ1) is 16.0. The van der Waals surface area contributed by atoms with Crippen LogP contribution in [-0.4, -0.2) is 47.8 Å². The number of carbonyl (C=O) groups excluding carboxylic acids is 1. The molecule has 8 heteroatoms. The first-order chi connectivity index (χ1) is 10.2. The molecule has 0 saturated carbocycles. The van der Waals surface area contributed by atoms with Crippen LogP contribution in [0.5, 0.6) is 0 Å². The topological polar surface area (TPSA) is 85.8 Å². The molecule has 0 aromatic carbocycles. The normalized spacial score (nSPS) is 11.1. The average Bonchev–Trinajstić information content (AvgIpc) is 2.83. The zero-order chi connectivity index (χ0) is 16.5. The first-order valence-electron chi connectivity index (χ1n) is 6.72. The summed E-state index contributed by atoms with van der Waals surface area (Å²) in [5.74, 6) is 3.00. The maximum atomic E-state index is 12.4. The molecule has 0 saturated heterocycles. The highest BCUT2D eigenvalue weighted by Crippen LogP contribution is 2.21. The SMILES string of the molecule is CON(C)C(=O)c1cc(C#C[Si](C)(C)C)n2ncnc(N)c12. The fraction of sp³-hybridized carbons (Fsp3) is 0.357.